The molecule has 3 rings (SSSR count). The molecule has 0 bridgehead atoms. The zero-order chi connectivity index (χ0) is 26.9. The summed E-state index contributed by atoms with van der Waals surface area (Å²) in [5.41, 5.74) is 0.101. The third kappa shape index (κ3) is 7.46. The molecule has 6 atom stereocenters. The van der Waals surface area contributed by atoms with E-state index in [1.54, 1.807) is 6.92 Å². The van der Waals surface area contributed by atoms with E-state index < -0.39 is 53.6 Å². The Kier molecular flexibility index (Phi) is 8.85. The number of rotatable bonds is 12. The first-order chi connectivity index (χ1) is 16.6. The van der Waals surface area contributed by atoms with Crippen LogP contribution in [0.3, 0.4) is 0 Å². The second-order valence-electron chi connectivity index (χ2n) is 7.55. The van der Waals surface area contributed by atoms with Crippen LogP contribution in [0.25, 0.3) is 11.2 Å². The Morgan fingerprint density at radius 3 is 2.53 bits per heavy atom. The first-order valence-corrected chi connectivity index (χ1v) is 14.4. The summed E-state index contributed by atoms with van der Waals surface area (Å²) in [7, 11) is -17.0. The minimum absolute atomic E-state index is 0.0104. The Hall–Kier alpha value is -1.62. The van der Waals surface area contributed by atoms with E-state index in [9.17, 15) is 33.4 Å². The van der Waals surface area contributed by atoms with Gasteiger partial charge in [0, 0.05) is 0 Å². The number of ether oxygens (including phenoxy) is 2. The van der Waals surface area contributed by atoms with Crippen molar-refractivity contribution in [2.75, 3.05) is 13.2 Å². The lowest BCUT2D eigenvalue weighted by molar-refractivity contribution is -0.0645. The van der Waals surface area contributed by atoms with Crippen LogP contribution in [0.15, 0.2) is 29.6 Å². The van der Waals surface area contributed by atoms with Crippen molar-refractivity contribution in [3.8, 4) is 0 Å². The number of phosphoric acid groups is 3. The number of H-pyrrole nitrogens is 1. The molecule has 2 aromatic rings. The van der Waals surface area contributed by atoms with Crippen molar-refractivity contribution in [1.29, 1.82) is 0 Å². The van der Waals surface area contributed by atoms with E-state index in [0.29, 0.717) is 6.42 Å². The zero-order valence-electron chi connectivity index (χ0n) is 18.4. The van der Waals surface area contributed by atoms with Gasteiger partial charge in [0.15, 0.2) is 17.4 Å². The van der Waals surface area contributed by atoms with Crippen molar-refractivity contribution in [3.05, 3.63) is 35.2 Å². The van der Waals surface area contributed by atoms with Gasteiger partial charge in [-0.05, 0) is 13.3 Å². The van der Waals surface area contributed by atoms with E-state index in [-0.39, 0.29) is 24.4 Å². The van der Waals surface area contributed by atoms with E-state index in [4.69, 9.17) is 23.8 Å². The highest BCUT2D eigenvalue weighted by atomic mass is 31.3. The Labute approximate surface area is 201 Å². The number of hydrogen-bond donors (Lipinski definition) is 6. The van der Waals surface area contributed by atoms with E-state index in [2.05, 4.69) is 30.2 Å². The maximum absolute atomic E-state index is 12.4. The van der Waals surface area contributed by atoms with Gasteiger partial charge in [-0.1, -0.05) is 5.57 Å². The molecule has 2 aromatic heterocycles. The molecule has 0 aromatic carbocycles. The molecule has 0 saturated carbocycles. The van der Waals surface area contributed by atoms with Crippen LogP contribution in [0, 0.1) is 0 Å². The van der Waals surface area contributed by atoms with Crippen molar-refractivity contribution in [1.82, 2.24) is 19.5 Å². The molecule has 3 heterocycles. The standard InChI is InChI=1S/C15H23N4O14P3/c1-8(2)3-4-29-5-9-12(31-35(25,26)33-36(27,28)32-34(22,23)24)11(20)15(30-9)19-7-18-10-13(19)16-6-17-14(10)21/h6-7,9,11-12,15,20H,1,3-5H2,2H3,(H,25,26)(H,27,28)(H,16,17,21)(H2,22,23,24)/t9-,11-,12-,15-/m1/s1. The molecule has 0 radical (unpaired) electrons. The van der Waals surface area contributed by atoms with Crippen LogP contribution in [0.4, 0.5) is 0 Å². The van der Waals surface area contributed by atoms with Gasteiger partial charge in [0.2, 0.25) is 0 Å². The Morgan fingerprint density at radius 1 is 1.19 bits per heavy atom. The number of fused-ring (bicyclic) bond motifs is 1. The number of phosphoric ester groups is 1. The number of aromatic amines is 1. The van der Waals surface area contributed by atoms with Crippen LogP contribution in [-0.4, -0.2) is 75.7 Å². The highest BCUT2D eigenvalue weighted by Crippen LogP contribution is 2.67. The normalized spacial score (nSPS) is 26.1. The maximum atomic E-state index is 12.4. The van der Waals surface area contributed by atoms with Crippen LogP contribution in [0.1, 0.15) is 19.6 Å². The second-order valence-corrected chi connectivity index (χ2v) is 11.9. The Balaban J connectivity index is 1.85. The quantitative estimate of drug-likeness (QED) is 0.111. The molecule has 202 valence electrons. The van der Waals surface area contributed by atoms with Gasteiger partial charge < -0.3 is 39.1 Å². The summed E-state index contributed by atoms with van der Waals surface area (Å²) in [6.07, 6.45) is -3.58. The molecule has 0 amide bonds. The van der Waals surface area contributed by atoms with Crippen LogP contribution in [0.5, 0.6) is 0 Å². The first kappa shape index (κ1) is 28.9. The van der Waals surface area contributed by atoms with Crippen LogP contribution in [-0.2, 0) is 36.3 Å². The van der Waals surface area contributed by atoms with Crippen molar-refractivity contribution in [3.63, 3.8) is 0 Å². The summed E-state index contributed by atoms with van der Waals surface area (Å²) in [6, 6.07) is 0. The van der Waals surface area contributed by atoms with Crippen LogP contribution >= 0.6 is 23.5 Å². The third-order valence-corrected chi connectivity index (χ3v) is 8.41. The third-order valence-electron chi connectivity index (χ3n) is 4.57. The Bertz CT molecular complexity index is 1310. The molecule has 0 spiro atoms. The SMILES string of the molecule is C=C(C)CCOC[C@H]1O[C@@H](n2cnc3c(=O)[nH]cnc32)[C@H](O)[C@@H]1OP(=O)(O)OP(=O)(O)OP(=O)(O)O. The van der Waals surface area contributed by atoms with Gasteiger partial charge in [-0.3, -0.25) is 13.9 Å². The van der Waals surface area contributed by atoms with Gasteiger partial charge in [-0.2, -0.15) is 8.62 Å². The topological polar surface area (TPSA) is 262 Å². The summed E-state index contributed by atoms with van der Waals surface area (Å²) >= 11 is 0. The predicted octanol–water partition coefficient (Wildman–Crippen LogP) is 0.0726. The largest absolute Gasteiger partial charge is 0.490 e. The minimum Gasteiger partial charge on any atom is -0.386 e. The molecule has 1 fully saturated rings. The average molecular weight is 576 g/mol. The lowest BCUT2D eigenvalue weighted by Gasteiger charge is -2.23. The molecule has 1 aliphatic rings. The van der Waals surface area contributed by atoms with Crippen molar-refractivity contribution in [2.24, 2.45) is 0 Å². The molecule has 18 nitrogen and oxygen atoms in total. The monoisotopic (exact) mass is 576 g/mol. The summed E-state index contributed by atoms with van der Waals surface area (Å²) in [4.78, 5) is 58.8. The molecule has 2 unspecified atom stereocenters. The Morgan fingerprint density at radius 2 is 1.89 bits per heavy atom. The van der Waals surface area contributed by atoms with E-state index in [0.717, 1.165) is 22.8 Å². The smallest absolute Gasteiger partial charge is 0.386 e. The molecular weight excluding hydrogens is 553 g/mol. The number of imidazole rings is 1. The van der Waals surface area contributed by atoms with E-state index in [1.807, 2.05) is 0 Å². The van der Waals surface area contributed by atoms with Gasteiger partial charge in [-0.25, -0.2) is 23.7 Å². The van der Waals surface area contributed by atoms with Crippen molar-refractivity contribution < 1.29 is 61.0 Å². The van der Waals surface area contributed by atoms with E-state index in [1.165, 1.54) is 0 Å². The fourth-order valence-corrected chi connectivity index (χ4v) is 6.39. The number of aromatic nitrogens is 4. The van der Waals surface area contributed by atoms with Gasteiger partial charge in [-0.15, -0.1) is 6.58 Å². The zero-order valence-corrected chi connectivity index (χ0v) is 21.1. The van der Waals surface area contributed by atoms with E-state index >= 15 is 0 Å². The number of nitrogens with zero attached hydrogens (tertiary/aromatic N) is 3. The number of aliphatic hydroxyl groups is 1. The lowest BCUT2D eigenvalue weighted by Crippen LogP contribution is -2.36. The molecule has 1 saturated heterocycles. The van der Waals surface area contributed by atoms with Gasteiger partial charge in [0.05, 0.1) is 25.9 Å². The molecule has 21 heteroatoms. The highest BCUT2D eigenvalue weighted by Gasteiger charge is 2.51. The fourth-order valence-electron chi connectivity index (χ4n) is 3.16. The van der Waals surface area contributed by atoms with Crippen LogP contribution in [0.2, 0.25) is 0 Å². The minimum atomic E-state index is -5.80. The fraction of sp³-hybridized carbons (Fsp3) is 0.533. The van der Waals surface area contributed by atoms with Gasteiger partial charge in [0.1, 0.15) is 18.3 Å². The lowest BCUT2D eigenvalue weighted by atomic mass is 10.1. The van der Waals surface area contributed by atoms with Gasteiger partial charge in [0.25, 0.3) is 5.56 Å². The number of nitrogens with one attached hydrogen (secondary N) is 1. The molecule has 36 heavy (non-hydrogen) atoms. The van der Waals surface area contributed by atoms with Gasteiger partial charge >= 0.3 is 23.5 Å². The highest BCUT2D eigenvalue weighted by molar-refractivity contribution is 7.66. The summed E-state index contributed by atoms with van der Waals surface area (Å²) in [6.45, 7) is 5.31. The second kappa shape index (κ2) is 11.0. The summed E-state index contributed by atoms with van der Waals surface area (Å²) in [5, 5.41) is 10.9. The van der Waals surface area contributed by atoms with Crippen molar-refractivity contribution in [2.45, 2.75) is 37.9 Å². The summed E-state index contributed by atoms with van der Waals surface area (Å²) in [5.74, 6) is 0. The first-order valence-electron chi connectivity index (χ1n) is 9.87. The maximum Gasteiger partial charge on any atom is 0.490 e. The molecule has 1 aliphatic heterocycles. The predicted molar refractivity (Wildman–Crippen MR) is 117 cm³/mol. The average Bonchev–Trinajstić information content (AvgIpc) is 3.25. The van der Waals surface area contributed by atoms with Crippen molar-refractivity contribution >= 4 is 34.6 Å². The molecule has 0 aliphatic carbocycles. The van der Waals surface area contributed by atoms with Crippen LogP contribution < -0.4 is 5.56 Å². The number of aliphatic hydroxyl groups excluding tert-OH is 1. The number of hydrogen-bond acceptors (Lipinski definition) is 12. The molecule has 6 N–H and O–H groups in total. The summed E-state index contributed by atoms with van der Waals surface area (Å²) < 4.78 is 59.5. The molecular formula is C15H23N4O14P3.